The van der Waals surface area contributed by atoms with E-state index in [1.54, 1.807) is 14.1 Å². The van der Waals surface area contributed by atoms with Crippen LogP contribution < -0.4 is 5.32 Å². The van der Waals surface area contributed by atoms with E-state index in [4.69, 9.17) is 0 Å². The number of hydrogen-bond acceptors (Lipinski definition) is 3. The second-order valence-corrected chi connectivity index (χ2v) is 5.75. The Balaban J connectivity index is 4.19. The molecule has 15 heavy (non-hydrogen) atoms. The van der Waals surface area contributed by atoms with Gasteiger partial charge in [-0.1, -0.05) is 6.92 Å². The Kier molecular flexibility index (Phi) is 7.08. The molecule has 0 amide bonds. The summed E-state index contributed by atoms with van der Waals surface area (Å²) in [7, 11) is 1.86. The summed E-state index contributed by atoms with van der Waals surface area (Å²) < 4.78 is 26.5. The zero-order valence-corrected chi connectivity index (χ0v) is 11.0. The molecule has 0 rings (SSSR count). The van der Waals surface area contributed by atoms with E-state index < -0.39 is 10.2 Å². The highest BCUT2D eigenvalue weighted by Gasteiger charge is 2.21. The predicted octanol–water partition coefficient (Wildman–Crippen LogP) is 0.114. The summed E-state index contributed by atoms with van der Waals surface area (Å²) in [4.78, 5) is 0. The van der Waals surface area contributed by atoms with Gasteiger partial charge in [0, 0.05) is 27.2 Å². The van der Waals surface area contributed by atoms with E-state index in [0.717, 1.165) is 19.4 Å². The van der Waals surface area contributed by atoms with Crippen LogP contribution >= 0.6 is 0 Å². The fraction of sp³-hybridized carbons (Fsp3) is 1.00. The molecule has 1 N–H and O–H groups in total. The van der Waals surface area contributed by atoms with E-state index in [0.29, 0.717) is 13.1 Å². The molecule has 92 valence electrons. The Hall–Kier alpha value is -0.170. The standard InChI is InChI=1S/C9H23N3O2S/c1-5-8-11(3)15(13,14)12(4)9-6-7-10-2/h10H,5-9H2,1-4H3. The van der Waals surface area contributed by atoms with E-state index in [2.05, 4.69) is 5.32 Å². The molecule has 0 saturated carbocycles. The monoisotopic (exact) mass is 237 g/mol. The van der Waals surface area contributed by atoms with Crippen molar-refractivity contribution in [2.75, 3.05) is 40.8 Å². The number of hydrogen-bond donors (Lipinski definition) is 1. The highest BCUT2D eigenvalue weighted by atomic mass is 32.2. The van der Waals surface area contributed by atoms with Crippen LogP contribution in [0.15, 0.2) is 0 Å². The van der Waals surface area contributed by atoms with Gasteiger partial charge in [0.15, 0.2) is 0 Å². The molecule has 0 radical (unpaired) electrons. The number of rotatable bonds is 8. The van der Waals surface area contributed by atoms with Gasteiger partial charge in [-0.2, -0.15) is 17.0 Å². The minimum absolute atomic E-state index is 0.553. The fourth-order valence-corrected chi connectivity index (χ4v) is 2.51. The van der Waals surface area contributed by atoms with Gasteiger partial charge in [0.25, 0.3) is 10.2 Å². The fourth-order valence-electron chi connectivity index (χ4n) is 1.26. The van der Waals surface area contributed by atoms with Gasteiger partial charge >= 0.3 is 0 Å². The summed E-state index contributed by atoms with van der Waals surface area (Å²) in [5.41, 5.74) is 0. The van der Waals surface area contributed by atoms with Crippen LogP contribution in [0.4, 0.5) is 0 Å². The van der Waals surface area contributed by atoms with E-state index in [1.165, 1.54) is 8.61 Å². The van der Waals surface area contributed by atoms with Crippen molar-refractivity contribution in [1.29, 1.82) is 0 Å². The van der Waals surface area contributed by atoms with Gasteiger partial charge in [-0.15, -0.1) is 0 Å². The summed E-state index contributed by atoms with van der Waals surface area (Å²) in [6.07, 6.45) is 1.66. The maximum atomic E-state index is 11.8. The SMILES string of the molecule is CCCN(C)S(=O)(=O)N(C)CCCNC. The molecule has 0 aliphatic rings. The minimum Gasteiger partial charge on any atom is -0.320 e. The molecule has 0 aliphatic heterocycles. The van der Waals surface area contributed by atoms with Crippen molar-refractivity contribution >= 4 is 10.2 Å². The topological polar surface area (TPSA) is 52.7 Å². The van der Waals surface area contributed by atoms with Gasteiger partial charge in [-0.3, -0.25) is 0 Å². The lowest BCUT2D eigenvalue weighted by molar-refractivity contribution is 0.387. The Morgan fingerprint density at radius 2 is 1.67 bits per heavy atom. The van der Waals surface area contributed by atoms with Crippen LogP contribution in [0.3, 0.4) is 0 Å². The Morgan fingerprint density at radius 3 is 2.13 bits per heavy atom. The van der Waals surface area contributed by atoms with E-state index >= 15 is 0 Å². The average Bonchev–Trinajstić information content (AvgIpc) is 2.18. The van der Waals surface area contributed by atoms with Crippen molar-refractivity contribution in [2.45, 2.75) is 19.8 Å². The third kappa shape index (κ3) is 4.92. The van der Waals surface area contributed by atoms with Crippen molar-refractivity contribution < 1.29 is 8.42 Å². The van der Waals surface area contributed by atoms with Crippen molar-refractivity contribution in [3.63, 3.8) is 0 Å². The van der Waals surface area contributed by atoms with Crippen LogP contribution in [0.1, 0.15) is 19.8 Å². The Morgan fingerprint density at radius 1 is 1.13 bits per heavy atom. The first-order valence-electron chi connectivity index (χ1n) is 5.29. The highest BCUT2D eigenvalue weighted by Crippen LogP contribution is 2.04. The summed E-state index contributed by atoms with van der Waals surface area (Å²) in [6.45, 7) is 3.92. The molecule has 0 aliphatic carbocycles. The van der Waals surface area contributed by atoms with Gasteiger partial charge in [0.1, 0.15) is 0 Å². The quantitative estimate of drug-likeness (QED) is 0.610. The lowest BCUT2D eigenvalue weighted by atomic mass is 10.4. The van der Waals surface area contributed by atoms with E-state index in [9.17, 15) is 8.42 Å². The highest BCUT2D eigenvalue weighted by molar-refractivity contribution is 7.86. The first-order chi connectivity index (χ1) is 6.96. The van der Waals surface area contributed by atoms with Crippen molar-refractivity contribution in [3.05, 3.63) is 0 Å². The molecule has 0 aromatic rings. The third-order valence-electron chi connectivity index (χ3n) is 2.23. The lowest BCUT2D eigenvalue weighted by Crippen LogP contribution is -2.40. The second-order valence-electron chi connectivity index (χ2n) is 3.61. The number of nitrogens with one attached hydrogen (secondary N) is 1. The predicted molar refractivity (Wildman–Crippen MR) is 63.0 cm³/mol. The van der Waals surface area contributed by atoms with Gasteiger partial charge in [0.2, 0.25) is 0 Å². The second kappa shape index (κ2) is 7.16. The van der Waals surface area contributed by atoms with Crippen LogP contribution in [0.2, 0.25) is 0 Å². The smallest absolute Gasteiger partial charge is 0.281 e. The van der Waals surface area contributed by atoms with Gasteiger partial charge < -0.3 is 5.32 Å². The van der Waals surface area contributed by atoms with Crippen molar-refractivity contribution in [3.8, 4) is 0 Å². The lowest BCUT2D eigenvalue weighted by Gasteiger charge is -2.23. The summed E-state index contributed by atoms with van der Waals surface area (Å²) in [6, 6.07) is 0. The van der Waals surface area contributed by atoms with Gasteiger partial charge in [-0.25, -0.2) is 0 Å². The zero-order chi connectivity index (χ0) is 11.9. The first kappa shape index (κ1) is 14.8. The molecule has 0 aromatic carbocycles. The summed E-state index contributed by atoms with van der Waals surface area (Å²) >= 11 is 0. The summed E-state index contributed by atoms with van der Waals surface area (Å²) in [5, 5.41) is 2.99. The molecular weight excluding hydrogens is 214 g/mol. The first-order valence-corrected chi connectivity index (χ1v) is 6.68. The van der Waals surface area contributed by atoms with Crippen LogP contribution in [0, 0.1) is 0 Å². The number of nitrogens with zero attached hydrogens (tertiary/aromatic N) is 2. The summed E-state index contributed by atoms with van der Waals surface area (Å²) in [5.74, 6) is 0. The van der Waals surface area contributed by atoms with Crippen LogP contribution in [-0.2, 0) is 10.2 Å². The largest absolute Gasteiger partial charge is 0.320 e. The van der Waals surface area contributed by atoms with Crippen molar-refractivity contribution in [1.82, 2.24) is 13.9 Å². The molecule has 0 atom stereocenters. The van der Waals surface area contributed by atoms with E-state index in [1.807, 2.05) is 14.0 Å². The van der Waals surface area contributed by atoms with Gasteiger partial charge in [-0.05, 0) is 26.4 Å². The molecule has 0 spiro atoms. The average molecular weight is 237 g/mol. The molecule has 0 saturated heterocycles. The molecular formula is C9H23N3O2S. The minimum atomic E-state index is -3.24. The van der Waals surface area contributed by atoms with Crippen LogP contribution in [0.5, 0.6) is 0 Å². The molecule has 0 bridgehead atoms. The molecule has 5 nitrogen and oxygen atoms in total. The molecule has 0 fully saturated rings. The maximum absolute atomic E-state index is 11.8. The Labute approximate surface area is 93.6 Å². The maximum Gasteiger partial charge on any atom is 0.281 e. The zero-order valence-electron chi connectivity index (χ0n) is 10.2. The molecule has 0 aromatic heterocycles. The van der Waals surface area contributed by atoms with Crippen molar-refractivity contribution in [2.24, 2.45) is 0 Å². The molecule has 0 heterocycles. The van der Waals surface area contributed by atoms with Crippen LogP contribution in [-0.4, -0.2) is 57.8 Å². The van der Waals surface area contributed by atoms with Gasteiger partial charge in [0.05, 0.1) is 0 Å². The van der Waals surface area contributed by atoms with Crippen LogP contribution in [0.25, 0.3) is 0 Å². The van der Waals surface area contributed by atoms with E-state index in [-0.39, 0.29) is 0 Å². The Bertz CT molecular complexity index is 254. The molecule has 6 heteroatoms. The normalized spacial score (nSPS) is 12.7. The third-order valence-corrected chi connectivity index (χ3v) is 4.17. The molecule has 0 unspecified atom stereocenters.